The maximum Gasteiger partial charge on any atom is 0.236 e. The number of aromatic nitrogens is 4. The molecule has 0 saturated carbocycles. The van der Waals surface area contributed by atoms with Crippen LogP contribution >= 0.6 is 34.4 Å². The average Bonchev–Trinajstić information content (AvgIpc) is 3.61. The Morgan fingerprint density at radius 2 is 2.00 bits per heavy atom. The molecule has 2 aromatic heterocycles. The van der Waals surface area contributed by atoms with Gasteiger partial charge in [-0.2, -0.15) is 5.26 Å². The van der Waals surface area contributed by atoms with Crippen molar-refractivity contribution in [1.29, 1.82) is 5.26 Å². The molecule has 14 heteroatoms. The molecule has 40 heavy (non-hydrogen) atoms. The van der Waals surface area contributed by atoms with Gasteiger partial charge < -0.3 is 10.5 Å². The summed E-state index contributed by atoms with van der Waals surface area (Å²) in [5.41, 5.74) is 9.00. The molecular formula is C26H26N8O3S3. The molecule has 0 bridgehead atoms. The number of hydrogen-bond donors (Lipinski definition) is 2. The average molecular weight is 595 g/mol. The van der Waals surface area contributed by atoms with Crippen molar-refractivity contribution in [2.75, 3.05) is 22.6 Å². The summed E-state index contributed by atoms with van der Waals surface area (Å²) < 4.78 is 6.12. The highest BCUT2D eigenvalue weighted by molar-refractivity contribution is 8.01. The molecule has 11 nitrogen and oxygen atoms in total. The van der Waals surface area contributed by atoms with Crippen LogP contribution in [0.5, 0.6) is 5.75 Å². The number of nitrogens with zero attached hydrogens (tertiary/aromatic N) is 6. The van der Waals surface area contributed by atoms with E-state index in [1.807, 2.05) is 38.1 Å². The molecule has 3 aromatic rings. The molecular weight excluding hydrogens is 569 g/mol. The number of rotatable bonds is 9. The lowest BCUT2D eigenvalue weighted by molar-refractivity contribution is -0.116. The number of nitrogens with one attached hydrogen (secondary N) is 1. The van der Waals surface area contributed by atoms with Crippen LogP contribution in [-0.2, 0) is 16.0 Å². The predicted octanol–water partition coefficient (Wildman–Crippen LogP) is 4.39. The van der Waals surface area contributed by atoms with E-state index in [0.29, 0.717) is 51.8 Å². The third-order valence-corrected chi connectivity index (χ3v) is 9.39. The molecule has 1 atom stereocenters. The van der Waals surface area contributed by atoms with Gasteiger partial charge in [0.05, 0.1) is 29.9 Å². The summed E-state index contributed by atoms with van der Waals surface area (Å²) in [6, 6.07) is 9.67. The first-order valence-electron chi connectivity index (χ1n) is 12.7. The Labute approximate surface area is 243 Å². The van der Waals surface area contributed by atoms with E-state index in [1.165, 1.54) is 34.4 Å². The maximum absolute atomic E-state index is 13.3. The third kappa shape index (κ3) is 5.58. The van der Waals surface area contributed by atoms with Crippen molar-refractivity contribution in [1.82, 2.24) is 20.4 Å². The molecule has 1 unspecified atom stereocenters. The highest BCUT2D eigenvalue weighted by atomic mass is 32.2. The lowest BCUT2D eigenvalue weighted by Gasteiger charge is -2.38. The zero-order valence-corrected chi connectivity index (χ0v) is 24.3. The number of benzene rings is 1. The van der Waals surface area contributed by atoms with Gasteiger partial charge in [0.1, 0.15) is 16.6 Å². The van der Waals surface area contributed by atoms with Crippen LogP contribution in [0, 0.1) is 11.3 Å². The smallest absolute Gasteiger partial charge is 0.236 e. The molecule has 0 saturated heterocycles. The van der Waals surface area contributed by atoms with Gasteiger partial charge in [-0.05, 0) is 43.9 Å². The number of amides is 1. The van der Waals surface area contributed by atoms with Gasteiger partial charge in [-0.3, -0.25) is 19.8 Å². The van der Waals surface area contributed by atoms with Crippen LogP contribution in [0.3, 0.4) is 0 Å². The number of anilines is 2. The first-order valence-corrected chi connectivity index (χ1v) is 15.3. The second kappa shape index (κ2) is 12.2. The van der Waals surface area contributed by atoms with E-state index >= 15 is 0 Å². The van der Waals surface area contributed by atoms with Crippen LogP contribution in [-0.4, -0.2) is 44.4 Å². The minimum atomic E-state index is -0.571. The van der Waals surface area contributed by atoms with Gasteiger partial charge >= 0.3 is 0 Å². The highest BCUT2D eigenvalue weighted by Crippen LogP contribution is 2.47. The fraction of sp³-hybridized carbons (Fsp3) is 0.346. The molecule has 2 aliphatic rings. The number of carbonyl (C=O) groups excluding carboxylic acids is 2. The summed E-state index contributed by atoms with van der Waals surface area (Å²) >= 11 is 3.82. The maximum atomic E-state index is 13.3. The second-order valence-electron chi connectivity index (χ2n) is 8.86. The highest BCUT2D eigenvalue weighted by Gasteiger charge is 2.41. The lowest BCUT2D eigenvalue weighted by atomic mass is 9.76. The summed E-state index contributed by atoms with van der Waals surface area (Å²) in [5.74, 6) is 0.234. The number of Topliss-reactive ketones (excluding diaryl/α,β-unsaturated/α-hetero) is 1. The summed E-state index contributed by atoms with van der Waals surface area (Å²) in [7, 11) is 0. The normalized spacial score (nSPS) is 17.1. The fourth-order valence-corrected chi connectivity index (χ4v) is 7.02. The van der Waals surface area contributed by atoms with E-state index in [2.05, 4.69) is 31.8 Å². The Bertz CT molecular complexity index is 1540. The number of hydrogen-bond acceptors (Lipinski definition) is 13. The second-order valence-corrected chi connectivity index (χ2v) is 12.1. The first-order chi connectivity index (χ1) is 19.4. The first kappa shape index (κ1) is 27.8. The monoisotopic (exact) mass is 594 g/mol. The summed E-state index contributed by atoms with van der Waals surface area (Å²) in [5, 5.41) is 31.2. The molecule has 3 N–H and O–H groups in total. The van der Waals surface area contributed by atoms with Crippen molar-refractivity contribution in [2.45, 2.75) is 49.8 Å². The number of thioether (sulfide) groups is 1. The van der Waals surface area contributed by atoms with E-state index < -0.39 is 5.92 Å². The number of nitriles is 1. The fourth-order valence-electron chi connectivity index (χ4n) is 4.64. The van der Waals surface area contributed by atoms with Crippen molar-refractivity contribution in [3.63, 3.8) is 0 Å². The standard InChI is InChI=1S/C26H26N8O3S3/c1-3-20-30-31-24(39-20)29-19(36)13-38-26-33-32-25(40-26)34-17-6-5-7-18(35)22(17)21(16(12-27)23(34)28)14-8-10-15(11-9-14)37-4-2/h8-11,21H,3-7,13,28H2,1-2H3,(H,29,31,36). The topological polar surface area (TPSA) is 160 Å². The molecule has 0 fully saturated rings. The van der Waals surface area contributed by atoms with Crippen molar-refractivity contribution in [3.05, 3.63) is 57.5 Å². The van der Waals surface area contributed by atoms with Crippen molar-refractivity contribution < 1.29 is 14.3 Å². The van der Waals surface area contributed by atoms with E-state index in [4.69, 9.17) is 10.5 Å². The van der Waals surface area contributed by atoms with Gasteiger partial charge in [0.15, 0.2) is 10.1 Å². The zero-order valence-electron chi connectivity index (χ0n) is 21.8. The Morgan fingerprint density at radius 1 is 1.20 bits per heavy atom. The molecule has 1 aromatic carbocycles. The summed E-state index contributed by atoms with van der Waals surface area (Å²) in [6.07, 6.45) is 2.44. The number of allylic oxidation sites excluding steroid dienone is 3. The molecule has 3 heterocycles. The largest absolute Gasteiger partial charge is 0.494 e. The Hall–Kier alpha value is -3.80. The molecule has 0 spiro atoms. The zero-order chi connectivity index (χ0) is 28.2. The van der Waals surface area contributed by atoms with Gasteiger partial charge in [0.2, 0.25) is 16.2 Å². The predicted molar refractivity (Wildman–Crippen MR) is 154 cm³/mol. The van der Waals surface area contributed by atoms with Crippen LogP contribution in [0.2, 0.25) is 0 Å². The van der Waals surface area contributed by atoms with Crippen molar-refractivity contribution in [2.24, 2.45) is 5.73 Å². The summed E-state index contributed by atoms with van der Waals surface area (Å²) in [4.78, 5) is 27.4. The minimum Gasteiger partial charge on any atom is -0.494 e. The number of ketones is 1. The number of ether oxygens (including phenoxy) is 1. The lowest BCUT2D eigenvalue weighted by Crippen LogP contribution is -2.38. The van der Waals surface area contributed by atoms with Crippen LogP contribution in [0.1, 0.15) is 49.6 Å². The van der Waals surface area contributed by atoms with E-state index in [0.717, 1.165) is 22.7 Å². The number of aryl methyl sites for hydroxylation is 1. The Balaban J connectivity index is 1.40. The van der Waals surface area contributed by atoms with Crippen molar-refractivity contribution in [3.8, 4) is 11.8 Å². The van der Waals surface area contributed by atoms with Crippen LogP contribution in [0.4, 0.5) is 10.3 Å². The molecule has 206 valence electrons. The van der Waals surface area contributed by atoms with Crippen LogP contribution < -0.4 is 20.7 Å². The quantitative estimate of drug-likeness (QED) is 0.338. The van der Waals surface area contributed by atoms with Gasteiger partial charge in [-0.25, -0.2) is 0 Å². The minimum absolute atomic E-state index is 0.0101. The van der Waals surface area contributed by atoms with Gasteiger partial charge in [0, 0.05) is 17.7 Å². The molecule has 1 aliphatic heterocycles. The van der Waals surface area contributed by atoms with Crippen molar-refractivity contribution >= 4 is 56.4 Å². The van der Waals surface area contributed by atoms with Crippen LogP contribution in [0.25, 0.3) is 0 Å². The molecule has 5 rings (SSSR count). The summed E-state index contributed by atoms with van der Waals surface area (Å²) in [6.45, 7) is 4.42. The SMILES string of the molecule is CCOc1ccc(C2C(C#N)=C(N)N(c3nnc(SCC(=O)Nc4nnc(CC)s4)s3)C3=C2C(=O)CCC3)cc1. The van der Waals surface area contributed by atoms with Crippen LogP contribution in [0.15, 0.2) is 51.3 Å². The number of carbonyl (C=O) groups is 2. The Morgan fingerprint density at radius 3 is 2.70 bits per heavy atom. The third-order valence-electron chi connectivity index (χ3n) is 6.37. The van der Waals surface area contributed by atoms with Gasteiger partial charge in [-0.15, -0.1) is 20.4 Å². The molecule has 1 amide bonds. The van der Waals surface area contributed by atoms with E-state index in [-0.39, 0.29) is 28.8 Å². The Kier molecular flexibility index (Phi) is 8.43. The van der Waals surface area contributed by atoms with E-state index in [9.17, 15) is 14.9 Å². The van der Waals surface area contributed by atoms with Gasteiger partial charge in [-0.1, -0.05) is 53.5 Å². The van der Waals surface area contributed by atoms with Gasteiger partial charge in [0.25, 0.3) is 0 Å². The molecule has 0 radical (unpaired) electrons. The van der Waals surface area contributed by atoms with E-state index in [1.54, 1.807) is 4.90 Å². The molecule has 1 aliphatic carbocycles. The number of nitrogens with two attached hydrogens (primary N) is 1.